The normalized spacial score (nSPS) is 11.9. The molecule has 2 nitrogen and oxygen atoms in total. The highest BCUT2D eigenvalue weighted by atomic mass is 32.2. The van der Waals surface area contributed by atoms with Crippen LogP contribution in [-0.2, 0) is 5.25 Å². The molecule has 0 aliphatic rings. The molecule has 0 saturated carbocycles. The molecule has 0 unspecified atom stereocenters. The zero-order valence-electron chi connectivity index (χ0n) is 12.5. The van der Waals surface area contributed by atoms with Gasteiger partial charge in [-0.15, -0.1) is 0 Å². The number of alkyl halides is 2. The van der Waals surface area contributed by atoms with Crippen molar-refractivity contribution >= 4 is 33.6 Å². The number of para-hydroxylation sites is 1. The number of hydrogen-bond acceptors (Lipinski definition) is 3. The first-order chi connectivity index (χ1) is 11.6. The molecule has 118 valence electrons. The van der Waals surface area contributed by atoms with Crippen LogP contribution in [0.3, 0.4) is 0 Å². The average molecular weight is 338 g/mol. The maximum Gasteiger partial charge on any atom is 0.342 e. The number of pyridine rings is 2. The van der Waals surface area contributed by atoms with Crippen LogP contribution in [0.1, 0.15) is 5.69 Å². The van der Waals surface area contributed by atoms with Crippen LogP contribution >= 0.6 is 11.8 Å². The highest BCUT2D eigenvalue weighted by molar-refractivity contribution is 8.00. The van der Waals surface area contributed by atoms with E-state index in [1.807, 2.05) is 12.1 Å². The summed E-state index contributed by atoms with van der Waals surface area (Å²) in [5.74, 6) is 0. The summed E-state index contributed by atoms with van der Waals surface area (Å²) in [7, 11) is 0. The summed E-state index contributed by atoms with van der Waals surface area (Å²) in [6.45, 7) is 0. The van der Waals surface area contributed by atoms with Gasteiger partial charge in [0.1, 0.15) is 5.69 Å². The fourth-order valence-electron chi connectivity index (χ4n) is 2.67. The van der Waals surface area contributed by atoms with E-state index in [0.29, 0.717) is 27.6 Å². The lowest BCUT2D eigenvalue weighted by Crippen LogP contribution is -2.12. The van der Waals surface area contributed by atoms with E-state index in [9.17, 15) is 8.78 Å². The Morgan fingerprint density at radius 2 is 1.50 bits per heavy atom. The number of hydrogen-bond donors (Lipinski definition) is 0. The molecule has 0 spiro atoms. The number of fused-ring (bicyclic) bond motifs is 3. The molecule has 4 rings (SSSR count). The van der Waals surface area contributed by atoms with Crippen molar-refractivity contribution in [2.24, 2.45) is 0 Å². The van der Waals surface area contributed by atoms with Crippen molar-refractivity contribution in [3.63, 3.8) is 0 Å². The second kappa shape index (κ2) is 5.83. The minimum absolute atomic E-state index is 0.240. The van der Waals surface area contributed by atoms with E-state index in [2.05, 4.69) is 9.97 Å². The topological polar surface area (TPSA) is 25.8 Å². The van der Waals surface area contributed by atoms with Gasteiger partial charge in [0.2, 0.25) is 0 Å². The fraction of sp³-hybridized carbons (Fsp3) is 0.0526. The maximum atomic E-state index is 15.0. The van der Waals surface area contributed by atoms with E-state index >= 15 is 0 Å². The number of aromatic nitrogens is 2. The summed E-state index contributed by atoms with van der Waals surface area (Å²) >= 11 is 0.487. The molecule has 2 aromatic heterocycles. The third-order valence-electron chi connectivity index (χ3n) is 3.72. The predicted molar refractivity (Wildman–Crippen MR) is 93.2 cm³/mol. The van der Waals surface area contributed by atoms with E-state index in [4.69, 9.17) is 0 Å². The molecule has 0 N–H and O–H groups in total. The Morgan fingerprint density at radius 1 is 0.792 bits per heavy atom. The van der Waals surface area contributed by atoms with Gasteiger partial charge >= 0.3 is 5.25 Å². The molecule has 2 heterocycles. The number of thioether (sulfide) groups is 1. The maximum absolute atomic E-state index is 15.0. The van der Waals surface area contributed by atoms with Crippen molar-refractivity contribution in [1.29, 1.82) is 0 Å². The van der Waals surface area contributed by atoms with Crippen molar-refractivity contribution in [3.8, 4) is 0 Å². The summed E-state index contributed by atoms with van der Waals surface area (Å²) in [6.07, 6.45) is 1.52. The minimum Gasteiger partial charge on any atom is -0.254 e. The molecule has 0 aliphatic carbocycles. The van der Waals surface area contributed by atoms with Gasteiger partial charge in [-0.3, -0.25) is 4.98 Å². The number of benzene rings is 2. The Morgan fingerprint density at radius 3 is 2.33 bits per heavy atom. The van der Waals surface area contributed by atoms with Gasteiger partial charge in [-0.05, 0) is 36.0 Å². The third-order valence-corrected chi connectivity index (χ3v) is 4.68. The SMILES string of the molecule is FC(F)(Sc1ccccc1)c1nc2ccccc2c2cccnc12. The number of halogens is 2. The monoisotopic (exact) mass is 338 g/mol. The molecule has 0 bridgehead atoms. The molecule has 0 fully saturated rings. The zero-order chi connectivity index (χ0) is 16.6. The minimum atomic E-state index is -3.18. The third kappa shape index (κ3) is 2.61. The Balaban J connectivity index is 1.94. The molecule has 2 aromatic carbocycles. The van der Waals surface area contributed by atoms with Gasteiger partial charge in [0.25, 0.3) is 0 Å². The number of nitrogens with zero attached hydrogens (tertiary/aromatic N) is 2. The van der Waals surface area contributed by atoms with Crippen molar-refractivity contribution in [2.75, 3.05) is 0 Å². The lowest BCUT2D eigenvalue weighted by atomic mass is 10.1. The van der Waals surface area contributed by atoms with Crippen molar-refractivity contribution in [3.05, 3.63) is 78.6 Å². The first-order valence-corrected chi connectivity index (χ1v) is 8.23. The van der Waals surface area contributed by atoms with Crippen LogP contribution < -0.4 is 0 Å². The highest BCUT2D eigenvalue weighted by Gasteiger charge is 2.37. The quantitative estimate of drug-likeness (QED) is 0.358. The standard InChI is InChI=1S/C19H12F2N2S/c20-19(21,24-13-7-2-1-3-8-13)18-17-15(10-6-12-22-17)14-9-4-5-11-16(14)23-18/h1-12H. The summed E-state index contributed by atoms with van der Waals surface area (Å²) in [4.78, 5) is 8.91. The lowest BCUT2D eigenvalue weighted by molar-refractivity contribution is 0.102. The van der Waals surface area contributed by atoms with Crippen molar-refractivity contribution in [1.82, 2.24) is 9.97 Å². The van der Waals surface area contributed by atoms with Gasteiger partial charge in [-0.2, -0.15) is 8.78 Å². The van der Waals surface area contributed by atoms with Crippen LogP contribution in [0.15, 0.2) is 77.8 Å². The van der Waals surface area contributed by atoms with E-state index in [1.165, 1.54) is 6.20 Å². The van der Waals surface area contributed by atoms with Gasteiger partial charge in [0.05, 0.1) is 11.0 Å². The van der Waals surface area contributed by atoms with Gasteiger partial charge < -0.3 is 0 Å². The summed E-state index contributed by atoms with van der Waals surface area (Å²) in [5.41, 5.74) is 0.483. The average Bonchev–Trinajstić information content (AvgIpc) is 2.61. The first kappa shape index (κ1) is 15.0. The van der Waals surface area contributed by atoms with Gasteiger partial charge in [-0.1, -0.05) is 42.5 Å². The first-order valence-electron chi connectivity index (χ1n) is 7.41. The molecule has 5 heteroatoms. The van der Waals surface area contributed by atoms with Crippen LogP contribution in [0.4, 0.5) is 8.78 Å². The van der Waals surface area contributed by atoms with E-state index in [-0.39, 0.29) is 11.2 Å². The Bertz CT molecular complexity index is 1020. The summed E-state index contributed by atoms with van der Waals surface area (Å²) in [5, 5.41) is -1.67. The lowest BCUT2D eigenvalue weighted by Gasteiger charge is -2.17. The largest absolute Gasteiger partial charge is 0.342 e. The van der Waals surface area contributed by atoms with Crippen LogP contribution in [0.5, 0.6) is 0 Å². The molecule has 0 atom stereocenters. The molecule has 0 saturated heterocycles. The fourth-order valence-corrected chi connectivity index (χ4v) is 3.50. The van der Waals surface area contributed by atoms with Gasteiger partial charge in [-0.25, -0.2) is 4.98 Å². The highest BCUT2D eigenvalue weighted by Crippen LogP contribution is 2.46. The predicted octanol–water partition coefficient (Wildman–Crippen LogP) is 5.62. The van der Waals surface area contributed by atoms with Gasteiger partial charge in [0.15, 0.2) is 0 Å². The number of rotatable bonds is 3. The van der Waals surface area contributed by atoms with Crippen LogP contribution in [0, 0.1) is 0 Å². The van der Waals surface area contributed by atoms with E-state index < -0.39 is 5.25 Å². The molecule has 24 heavy (non-hydrogen) atoms. The summed E-state index contributed by atoms with van der Waals surface area (Å²) in [6, 6.07) is 19.4. The van der Waals surface area contributed by atoms with Crippen LogP contribution in [0.25, 0.3) is 21.8 Å². The van der Waals surface area contributed by atoms with E-state index in [1.54, 1.807) is 54.6 Å². The molecule has 0 radical (unpaired) electrons. The zero-order valence-corrected chi connectivity index (χ0v) is 13.3. The second-order valence-electron chi connectivity index (χ2n) is 5.31. The Hall–Kier alpha value is -2.53. The van der Waals surface area contributed by atoms with Crippen molar-refractivity contribution < 1.29 is 8.78 Å². The van der Waals surface area contributed by atoms with Crippen LogP contribution in [-0.4, -0.2) is 9.97 Å². The second-order valence-corrected chi connectivity index (χ2v) is 6.50. The van der Waals surface area contributed by atoms with Crippen LogP contribution in [0.2, 0.25) is 0 Å². The Labute approximate surface area is 141 Å². The summed E-state index contributed by atoms with van der Waals surface area (Å²) < 4.78 is 29.9. The van der Waals surface area contributed by atoms with E-state index in [0.717, 1.165) is 5.39 Å². The molecule has 0 aliphatic heterocycles. The van der Waals surface area contributed by atoms with Crippen molar-refractivity contribution in [2.45, 2.75) is 10.2 Å². The molecular weight excluding hydrogens is 326 g/mol. The Kier molecular flexibility index (Phi) is 3.65. The molecular formula is C19H12F2N2S. The molecule has 4 aromatic rings. The molecule has 0 amide bonds. The van der Waals surface area contributed by atoms with Gasteiger partial charge in [0, 0.05) is 21.9 Å². The smallest absolute Gasteiger partial charge is 0.254 e.